The standard InChI is InChI=1S/C16H20N4/c1-3-7-14(8-4-1)12-17-15-11-16(19-13-18-15)20-9-5-2-6-10-20/h1,3-4,7-8,11,13H,2,5-6,9-10,12H2,(H,17,18,19). The Hall–Kier alpha value is -2.10. The summed E-state index contributed by atoms with van der Waals surface area (Å²) < 4.78 is 0. The van der Waals surface area contributed by atoms with Gasteiger partial charge in [-0.1, -0.05) is 30.3 Å². The van der Waals surface area contributed by atoms with E-state index < -0.39 is 0 Å². The number of hydrogen-bond donors (Lipinski definition) is 1. The molecule has 0 amide bonds. The maximum Gasteiger partial charge on any atom is 0.134 e. The van der Waals surface area contributed by atoms with Gasteiger partial charge in [0.2, 0.25) is 0 Å². The van der Waals surface area contributed by atoms with Crippen molar-refractivity contribution in [1.29, 1.82) is 0 Å². The maximum atomic E-state index is 4.39. The van der Waals surface area contributed by atoms with E-state index in [1.54, 1.807) is 6.33 Å². The quantitative estimate of drug-likeness (QED) is 0.925. The summed E-state index contributed by atoms with van der Waals surface area (Å²) in [7, 11) is 0. The lowest BCUT2D eigenvalue weighted by Gasteiger charge is -2.27. The van der Waals surface area contributed by atoms with Crippen molar-refractivity contribution in [2.45, 2.75) is 25.8 Å². The van der Waals surface area contributed by atoms with Gasteiger partial charge in [-0.3, -0.25) is 0 Å². The molecule has 20 heavy (non-hydrogen) atoms. The van der Waals surface area contributed by atoms with Crippen LogP contribution in [0.1, 0.15) is 24.8 Å². The van der Waals surface area contributed by atoms with Crippen molar-refractivity contribution in [3.05, 3.63) is 48.3 Å². The van der Waals surface area contributed by atoms with Crippen molar-refractivity contribution < 1.29 is 0 Å². The lowest BCUT2D eigenvalue weighted by atomic mass is 10.1. The number of benzene rings is 1. The van der Waals surface area contributed by atoms with E-state index in [2.05, 4.69) is 44.5 Å². The van der Waals surface area contributed by atoms with Gasteiger partial charge in [0.05, 0.1) is 0 Å². The van der Waals surface area contributed by atoms with Crippen LogP contribution in [0.2, 0.25) is 0 Å². The van der Waals surface area contributed by atoms with Gasteiger partial charge >= 0.3 is 0 Å². The average molecular weight is 268 g/mol. The number of piperidine rings is 1. The summed E-state index contributed by atoms with van der Waals surface area (Å²) in [5, 5.41) is 3.36. The molecule has 1 aliphatic rings. The Labute approximate surface area is 119 Å². The summed E-state index contributed by atoms with van der Waals surface area (Å²) in [4.78, 5) is 11.0. The van der Waals surface area contributed by atoms with Crippen LogP contribution in [0.25, 0.3) is 0 Å². The van der Waals surface area contributed by atoms with Crippen LogP contribution in [0, 0.1) is 0 Å². The molecule has 0 bridgehead atoms. The summed E-state index contributed by atoms with van der Waals surface area (Å²) >= 11 is 0. The van der Waals surface area contributed by atoms with Crippen LogP contribution in [0.4, 0.5) is 11.6 Å². The van der Waals surface area contributed by atoms with Crippen molar-refractivity contribution in [3.63, 3.8) is 0 Å². The molecular formula is C16H20N4. The van der Waals surface area contributed by atoms with Crippen molar-refractivity contribution in [2.24, 2.45) is 0 Å². The highest BCUT2D eigenvalue weighted by atomic mass is 15.2. The number of hydrogen-bond acceptors (Lipinski definition) is 4. The third-order valence-corrected chi connectivity index (χ3v) is 3.65. The first kappa shape index (κ1) is 12.9. The van der Waals surface area contributed by atoms with Crippen LogP contribution in [-0.2, 0) is 6.54 Å². The largest absolute Gasteiger partial charge is 0.366 e. The molecule has 1 aromatic heterocycles. The Bertz CT molecular complexity index is 535. The van der Waals surface area contributed by atoms with Gasteiger partial charge in [0.15, 0.2) is 0 Å². The fourth-order valence-electron chi connectivity index (χ4n) is 2.53. The van der Waals surface area contributed by atoms with Gasteiger partial charge < -0.3 is 10.2 Å². The summed E-state index contributed by atoms with van der Waals surface area (Å²) in [5.74, 6) is 1.93. The molecule has 0 radical (unpaired) electrons. The Kier molecular flexibility index (Phi) is 4.11. The molecule has 3 rings (SSSR count). The van der Waals surface area contributed by atoms with Gasteiger partial charge in [-0.05, 0) is 24.8 Å². The highest BCUT2D eigenvalue weighted by molar-refractivity contribution is 5.48. The van der Waals surface area contributed by atoms with Crippen LogP contribution >= 0.6 is 0 Å². The van der Waals surface area contributed by atoms with E-state index in [1.165, 1.54) is 24.8 Å². The molecule has 1 aromatic carbocycles. The number of anilines is 2. The Morgan fingerprint density at radius 1 is 1.00 bits per heavy atom. The lowest BCUT2D eigenvalue weighted by molar-refractivity contribution is 0.573. The zero-order valence-electron chi connectivity index (χ0n) is 11.6. The third-order valence-electron chi connectivity index (χ3n) is 3.65. The number of nitrogens with zero attached hydrogens (tertiary/aromatic N) is 3. The van der Waals surface area contributed by atoms with Crippen molar-refractivity contribution in [1.82, 2.24) is 9.97 Å². The zero-order valence-corrected chi connectivity index (χ0v) is 11.6. The van der Waals surface area contributed by atoms with Crippen LogP contribution in [0.15, 0.2) is 42.7 Å². The Morgan fingerprint density at radius 3 is 2.60 bits per heavy atom. The molecule has 0 spiro atoms. The van der Waals surface area contributed by atoms with E-state index in [0.717, 1.165) is 31.3 Å². The number of nitrogens with one attached hydrogen (secondary N) is 1. The van der Waals surface area contributed by atoms with E-state index in [1.807, 2.05) is 12.1 Å². The first-order valence-electron chi connectivity index (χ1n) is 7.26. The molecule has 1 aliphatic heterocycles. The smallest absolute Gasteiger partial charge is 0.134 e. The molecule has 1 N–H and O–H groups in total. The first-order valence-corrected chi connectivity index (χ1v) is 7.26. The highest BCUT2D eigenvalue weighted by Crippen LogP contribution is 2.19. The third kappa shape index (κ3) is 3.26. The Balaban J connectivity index is 1.65. The van der Waals surface area contributed by atoms with Gasteiger partial charge in [0.1, 0.15) is 18.0 Å². The monoisotopic (exact) mass is 268 g/mol. The number of rotatable bonds is 4. The second-order valence-corrected chi connectivity index (χ2v) is 5.15. The molecule has 0 saturated carbocycles. The average Bonchev–Trinajstić information content (AvgIpc) is 2.55. The zero-order chi connectivity index (χ0) is 13.6. The molecule has 0 aliphatic carbocycles. The second kappa shape index (κ2) is 6.37. The Morgan fingerprint density at radius 2 is 1.80 bits per heavy atom. The van der Waals surface area contributed by atoms with E-state index in [0.29, 0.717) is 0 Å². The van der Waals surface area contributed by atoms with E-state index in [-0.39, 0.29) is 0 Å². The SMILES string of the molecule is c1ccc(CNc2cc(N3CCCCC3)ncn2)cc1. The molecule has 1 fully saturated rings. The molecule has 2 heterocycles. The molecule has 4 nitrogen and oxygen atoms in total. The van der Waals surface area contributed by atoms with Crippen LogP contribution < -0.4 is 10.2 Å². The predicted octanol–water partition coefficient (Wildman–Crippen LogP) is 3.08. The summed E-state index contributed by atoms with van der Waals surface area (Å²) in [5.41, 5.74) is 1.26. The normalized spacial score (nSPS) is 15.1. The minimum atomic E-state index is 0.789. The maximum absolute atomic E-state index is 4.39. The second-order valence-electron chi connectivity index (χ2n) is 5.15. The van der Waals surface area contributed by atoms with Crippen molar-refractivity contribution >= 4 is 11.6 Å². The summed E-state index contributed by atoms with van der Waals surface area (Å²) in [6, 6.07) is 12.4. The number of aromatic nitrogens is 2. The molecule has 0 atom stereocenters. The van der Waals surface area contributed by atoms with Crippen molar-refractivity contribution in [2.75, 3.05) is 23.3 Å². The van der Waals surface area contributed by atoms with Gasteiger partial charge in [0, 0.05) is 25.7 Å². The summed E-state index contributed by atoms with van der Waals surface area (Å²) in [6.07, 6.45) is 5.51. The van der Waals surface area contributed by atoms with Gasteiger partial charge in [-0.15, -0.1) is 0 Å². The first-order chi connectivity index (χ1) is 9.92. The topological polar surface area (TPSA) is 41.0 Å². The van der Waals surface area contributed by atoms with E-state index in [4.69, 9.17) is 0 Å². The van der Waals surface area contributed by atoms with Gasteiger partial charge in [-0.25, -0.2) is 9.97 Å². The highest BCUT2D eigenvalue weighted by Gasteiger charge is 2.12. The molecule has 4 heteroatoms. The van der Waals surface area contributed by atoms with Crippen LogP contribution in [0.3, 0.4) is 0 Å². The molecule has 0 unspecified atom stereocenters. The van der Waals surface area contributed by atoms with Gasteiger partial charge in [-0.2, -0.15) is 0 Å². The molecule has 104 valence electrons. The molecular weight excluding hydrogens is 248 g/mol. The minimum absolute atomic E-state index is 0.789. The van der Waals surface area contributed by atoms with E-state index in [9.17, 15) is 0 Å². The fourth-order valence-corrected chi connectivity index (χ4v) is 2.53. The lowest BCUT2D eigenvalue weighted by Crippen LogP contribution is -2.30. The fraction of sp³-hybridized carbons (Fsp3) is 0.375. The predicted molar refractivity (Wildman–Crippen MR) is 81.9 cm³/mol. The molecule has 2 aromatic rings. The minimum Gasteiger partial charge on any atom is -0.366 e. The summed E-state index contributed by atoms with van der Waals surface area (Å²) in [6.45, 7) is 3.00. The van der Waals surface area contributed by atoms with Crippen molar-refractivity contribution in [3.8, 4) is 0 Å². The van der Waals surface area contributed by atoms with Crippen LogP contribution in [-0.4, -0.2) is 23.1 Å². The van der Waals surface area contributed by atoms with Crippen LogP contribution in [0.5, 0.6) is 0 Å². The van der Waals surface area contributed by atoms with E-state index >= 15 is 0 Å². The van der Waals surface area contributed by atoms with Gasteiger partial charge in [0.25, 0.3) is 0 Å². The molecule has 1 saturated heterocycles.